The number of thioether (sulfide) groups is 1. The third kappa shape index (κ3) is 2.22. The molecule has 0 amide bonds. The van der Waals surface area contributed by atoms with Gasteiger partial charge in [-0.2, -0.15) is 5.26 Å². The Morgan fingerprint density at radius 1 is 1.44 bits per heavy atom. The van der Waals surface area contributed by atoms with Crippen LogP contribution < -0.4 is 0 Å². The molecule has 0 saturated heterocycles. The molecular formula is C13H14FNS. The van der Waals surface area contributed by atoms with E-state index in [-0.39, 0.29) is 10.6 Å². The summed E-state index contributed by atoms with van der Waals surface area (Å²) in [7, 11) is 0. The lowest BCUT2D eigenvalue weighted by Crippen LogP contribution is -2.39. The highest BCUT2D eigenvalue weighted by Crippen LogP contribution is 2.51. The van der Waals surface area contributed by atoms with Gasteiger partial charge in [0.2, 0.25) is 0 Å². The first-order chi connectivity index (χ1) is 7.67. The Labute approximate surface area is 99.7 Å². The van der Waals surface area contributed by atoms with Gasteiger partial charge in [0.15, 0.2) is 0 Å². The van der Waals surface area contributed by atoms with Gasteiger partial charge in [-0.1, -0.05) is 13.3 Å². The van der Waals surface area contributed by atoms with Crippen molar-refractivity contribution < 1.29 is 4.39 Å². The summed E-state index contributed by atoms with van der Waals surface area (Å²) in [5.41, 5.74) is 0. The summed E-state index contributed by atoms with van der Waals surface area (Å²) in [5.74, 6) is 0.461. The predicted molar refractivity (Wildman–Crippen MR) is 63.6 cm³/mol. The number of hydrogen-bond acceptors (Lipinski definition) is 2. The zero-order chi connectivity index (χ0) is 11.6. The predicted octanol–water partition coefficient (Wildman–Crippen LogP) is 4.00. The van der Waals surface area contributed by atoms with Crippen molar-refractivity contribution in [2.75, 3.05) is 0 Å². The number of hydrogen-bond donors (Lipinski definition) is 0. The van der Waals surface area contributed by atoms with Gasteiger partial charge in [0, 0.05) is 4.90 Å². The summed E-state index contributed by atoms with van der Waals surface area (Å²) in [6, 6.07) is 8.80. The van der Waals surface area contributed by atoms with Crippen molar-refractivity contribution in [2.24, 2.45) is 5.92 Å². The summed E-state index contributed by atoms with van der Waals surface area (Å²) in [5, 5.41) is 9.22. The molecule has 0 radical (unpaired) electrons. The fourth-order valence-electron chi connectivity index (χ4n) is 2.09. The van der Waals surface area contributed by atoms with Crippen molar-refractivity contribution >= 4 is 11.8 Å². The molecule has 0 atom stereocenters. The van der Waals surface area contributed by atoms with Crippen molar-refractivity contribution in [1.29, 1.82) is 5.26 Å². The first kappa shape index (κ1) is 11.5. The lowest BCUT2D eigenvalue weighted by atomic mass is 9.73. The Morgan fingerprint density at radius 3 is 2.56 bits per heavy atom. The van der Waals surface area contributed by atoms with Gasteiger partial charge in [-0.3, -0.25) is 0 Å². The van der Waals surface area contributed by atoms with E-state index in [9.17, 15) is 9.65 Å². The molecule has 0 unspecified atom stereocenters. The van der Waals surface area contributed by atoms with Crippen LogP contribution in [0.5, 0.6) is 0 Å². The lowest BCUT2D eigenvalue weighted by Gasteiger charge is -2.41. The first-order valence-electron chi connectivity index (χ1n) is 5.53. The third-order valence-corrected chi connectivity index (χ3v) is 4.47. The van der Waals surface area contributed by atoms with Crippen LogP contribution in [0, 0.1) is 23.1 Å². The van der Waals surface area contributed by atoms with E-state index in [1.165, 1.54) is 12.1 Å². The molecule has 2 rings (SSSR count). The molecule has 1 aromatic carbocycles. The van der Waals surface area contributed by atoms with Crippen LogP contribution in [0.3, 0.4) is 0 Å². The minimum absolute atomic E-state index is 0.226. The molecule has 1 saturated carbocycles. The largest absolute Gasteiger partial charge is 0.207 e. The van der Waals surface area contributed by atoms with Crippen molar-refractivity contribution in [1.82, 2.24) is 0 Å². The number of rotatable bonds is 3. The molecule has 0 heterocycles. The normalized spacial score (nSPS) is 28.2. The van der Waals surface area contributed by atoms with Crippen LogP contribution in [0.15, 0.2) is 29.2 Å². The van der Waals surface area contributed by atoms with Crippen LogP contribution in [-0.2, 0) is 0 Å². The van der Waals surface area contributed by atoms with E-state index in [0.29, 0.717) is 5.92 Å². The summed E-state index contributed by atoms with van der Waals surface area (Å²) >= 11 is 1.58. The third-order valence-electron chi connectivity index (χ3n) is 3.14. The van der Waals surface area contributed by atoms with E-state index in [2.05, 4.69) is 13.0 Å². The van der Waals surface area contributed by atoms with Crippen LogP contribution in [-0.4, -0.2) is 4.75 Å². The van der Waals surface area contributed by atoms with E-state index in [4.69, 9.17) is 0 Å². The first-order valence-corrected chi connectivity index (χ1v) is 6.35. The van der Waals surface area contributed by atoms with E-state index >= 15 is 0 Å². The minimum atomic E-state index is -0.265. The van der Waals surface area contributed by atoms with Crippen molar-refractivity contribution in [3.63, 3.8) is 0 Å². The number of benzene rings is 1. The van der Waals surface area contributed by atoms with Gasteiger partial charge in [0.1, 0.15) is 10.6 Å². The fraction of sp³-hybridized carbons (Fsp3) is 0.462. The maximum atomic E-state index is 12.7. The molecule has 0 spiro atoms. The number of nitriles is 1. The van der Waals surface area contributed by atoms with Gasteiger partial charge in [-0.25, -0.2) is 4.39 Å². The fourth-order valence-corrected chi connectivity index (χ4v) is 3.49. The number of nitrogens with zero attached hydrogens (tertiary/aromatic N) is 1. The highest BCUT2D eigenvalue weighted by atomic mass is 32.2. The average molecular weight is 235 g/mol. The lowest BCUT2D eigenvalue weighted by molar-refractivity contribution is 0.269. The summed E-state index contributed by atoms with van der Waals surface area (Å²) in [6.07, 6.45) is 3.07. The van der Waals surface area contributed by atoms with Crippen molar-refractivity contribution in [3.8, 4) is 6.07 Å². The van der Waals surface area contributed by atoms with Crippen molar-refractivity contribution in [3.05, 3.63) is 30.1 Å². The monoisotopic (exact) mass is 235 g/mol. The van der Waals surface area contributed by atoms with Gasteiger partial charge in [0.05, 0.1) is 6.07 Å². The van der Waals surface area contributed by atoms with E-state index in [1.54, 1.807) is 23.9 Å². The summed E-state index contributed by atoms with van der Waals surface area (Å²) in [4.78, 5) is 0.984. The smallest absolute Gasteiger partial charge is 0.123 e. The molecule has 1 aliphatic carbocycles. The van der Waals surface area contributed by atoms with Crippen LogP contribution in [0.1, 0.15) is 26.2 Å². The Kier molecular flexibility index (Phi) is 3.20. The van der Waals surface area contributed by atoms with E-state index in [1.807, 2.05) is 0 Å². The standard InChI is InChI=1S/C13H14FNS/c1-2-10-7-13(8-10,9-15)16-12-5-3-11(14)4-6-12/h3-6,10H,2,7-8H2,1H3. The Balaban J connectivity index is 2.04. The van der Waals surface area contributed by atoms with E-state index in [0.717, 1.165) is 24.2 Å². The van der Waals surface area contributed by atoms with Crippen LogP contribution in [0.4, 0.5) is 4.39 Å². The second kappa shape index (κ2) is 4.47. The molecule has 0 aliphatic heterocycles. The molecule has 3 heteroatoms. The molecule has 1 nitrogen and oxygen atoms in total. The average Bonchev–Trinajstić information content (AvgIpc) is 2.26. The van der Waals surface area contributed by atoms with Crippen LogP contribution in [0.2, 0.25) is 0 Å². The second-order valence-electron chi connectivity index (χ2n) is 4.34. The molecule has 84 valence electrons. The molecule has 16 heavy (non-hydrogen) atoms. The molecular weight excluding hydrogens is 221 g/mol. The highest BCUT2D eigenvalue weighted by molar-refractivity contribution is 8.01. The second-order valence-corrected chi connectivity index (χ2v) is 5.80. The van der Waals surface area contributed by atoms with Gasteiger partial charge in [-0.05, 0) is 43.0 Å². The maximum absolute atomic E-state index is 12.7. The van der Waals surface area contributed by atoms with Gasteiger partial charge in [-0.15, -0.1) is 11.8 Å². The van der Waals surface area contributed by atoms with Gasteiger partial charge in [0.25, 0.3) is 0 Å². The molecule has 0 bridgehead atoms. The van der Waals surface area contributed by atoms with Crippen LogP contribution in [0.25, 0.3) is 0 Å². The summed E-state index contributed by atoms with van der Waals surface area (Å²) < 4.78 is 12.5. The highest BCUT2D eigenvalue weighted by Gasteiger charge is 2.44. The molecule has 1 aliphatic rings. The Morgan fingerprint density at radius 2 is 2.06 bits per heavy atom. The number of halogens is 1. The molecule has 0 N–H and O–H groups in total. The zero-order valence-corrected chi connectivity index (χ0v) is 10.1. The molecule has 1 fully saturated rings. The Bertz CT molecular complexity index is 401. The quantitative estimate of drug-likeness (QED) is 0.790. The minimum Gasteiger partial charge on any atom is -0.207 e. The van der Waals surface area contributed by atoms with Crippen molar-refractivity contribution in [2.45, 2.75) is 35.8 Å². The SMILES string of the molecule is CCC1CC(C#N)(Sc2ccc(F)cc2)C1. The van der Waals surface area contributed by atoms with E-state index < -0.39 is 0 Å². The summed E-state index contributed by atoms with van der Waals surface area (Å²) in [6.45, 7) is 2.16. The Hall–Kier alpha value is -1.01. The maximum Gasteiger partial charge on any atom is 0.123 e. The molecule has 1 aromatic rings. The topological polar surface area (TPSA) is 23.8 Å². The van der Waals surface area contributed by atoms with Crippen LogP contribution >= 0.6 is 11.8 Å². The zero-order valence-electron chi connectivity index (χ0n) is 9.24. The molecule has 0 aromatic heterocycles. The van der Waals surface area contributed by atoms with Gasteiger partial charge >= 0.3 is 0 Å². The van der Waals surface area contributed by atoms with Gasteiger partial charge < -0.3 is 0 Å².